The van der Waals surface area contributed by atoms with E-state index in [0.29, 0.717) is 42.6 Å². The maximum atomic E-state index is 14.2. The molecule has 3 aliphatic rings. The van der Waals surface area contributed by atoms with E-state index in [1.165, 1.54) is 6.07 Å². The molecule has 206 valence electrons. The molecule has 2 aliphatic carbocycles. The van der Waals surface area contributed by atoms with Crippen LogP contribution in [0.15, 0.2) is 66.7 Å². The first-order chi connectivity index (χ1) is 19.3. The monoisotopic (exact) mass is 540 g/mol. The van der Waals surface area contributed by atoms with E-state index >= 15 is 0 Å². The van der Waals surface area contributed by atoms with Crippen molar-refractivity contribution in [3.63, 3.8) is 0 Å². The van der Waals surface area contributed by atoms with Gasteiger partial charge in [-0.2, -0.15) is 0 Å². The van der Waals surface area contributed by atoms with E-state index in [4.69, 9.17) is 0 Å². The summed E-state index contributed by atoms with van der Waals surface area (Å²) >= 11 is 0. The van der Waals surface area contributed by atoms with Crippen LogP contribution in [0.3, 0.4) is 0 Å². The quantitative estimate of drug-likeness (QED) is 0.333. The number of nitrogens with zero attached hydrogens (tertiary/aromatic N) is 1. The topological polar surface area (TPSA) is 86.7 Å². The summed E-state index contributed by atoms with van der Waals surface area (Å²) in [5.41, 5.74) is 3.68. The average molecular weight is 541 g/mol. The fourth-order valence-corrected chi connectivity index (χ4v) is 6.45. The van der Waals surface area contributed by atoms with Gasteiger partial charge in [-0.15, -0.1) is 0 Å². The van der Waals surface area contributed by atoms with Gasteiger partial charge in [-0.25, -0.2) is 4.39 Å². The number of carbonyl (C=O) groups is 3. The average Bonchev–Trinajstić information content (AvgIpc) is 3.39. The molecule has 0 bridgehead atoms. The molecule has 0 aromatic heterocycles. The van der Waals surface area contributed by atoms with Gasteiger partial charge in [0, 0.05) is 23.4 Å². The summed E-state index contributed by atoms with van der Waals surface area (Å²) in [6.07, 6.45) is 6.04. The van der Waals surface area contributed by atoms with Crippen LogP contribution in [-0.4, -0.2) is 27.8 Å². The number of hydrogen-bond donors (Lipinski definition) is 2. The predicted octanol–water partition coefficient (Wildman–Crippen LogP) is 6.30. The van der Waals surface area contributed by atoms with Crippen molar-refractivity contribution in [2.75, 3.05) is 5.32 Å². The summed E-state index contributed by atoms with van der Waals surface area (Å²) in [5, 5.41) is 12.7. The molecule has 3 aromatic carbocycles. The second kappa shape index (κ2) is 10.5. The molecule has 7 heteroatoms. The molecule has 1 unspecified atom stereocenters. The molecule has 6 rings (SSSR count). The second-order valence-corrected chi connectivity index (χ2v) is 11.6. The Balaban J connectivity index is 1.16. The minimum Gasteiger partial charge on any atom is -0.481 e. The van der Waals surface area contributed by atoms with Gasteiger partial charge >= 0.3 is 5.97 Å². The normalized spacial score (nSPS) is 18.4. The Morgan fingerprint density at radius 1 is 1.00 bits per heavy atom. The summed E-state index contributed by atoms with van der Waals surface area (Å²) < 4.78 is 14.2. The Bertz CT molecular complexity index is 1460. The third-order valence-corrected chi connectivity index (χ3v) is 8.90. The molecule has 3 aromatic rings. The molecule has 6 nitrogen and oxygen atoms in total. The maximum Gasteiger partial charge on any atom is 0.309 e. The van der Waals surface area contributed by atoms with Crippen molar-refractivity contribution in [3.05, 3.63) is 100 Å². The minimum absolute atomic E-state index is 0.0585. The number of amides is 2. The van der Waals surface area contributed by atoms with Crippen molar-refractivity contribution >= 4 is 23.5 Å². The van der Waals surface area contributed by atoms with Crippen molar-refractivity contribution in [3.8, 4) is 0 Å². The first-order valence-corrected chi connectivity index (χ1v) is 14.1. The Hall–Kier alpha value is -4.00. The molecule has 0 spiro atoms. The molecule has 1 aliphatic heterocycles. The van der Waals surface area contributed by atoms with E-state index in [0.717, 1.165) is 42.4 Å². The highest BCUT2D eigenvalue weighted by molar-refractivity contribution is 5.98. The number of rotatable bonds is 9. The van der Waals surface area contributed by atoms with Crippen molar-refractivity contribution in [2.45, 2.75) is 64.0 Å². The predicted molar refractivity (Wildman–Crippen MR) is 149 cm³/mol. The standard InChI is InChI=1S/C33H33FN2O4/c34-28-10-4-9-26-27(28)20-36(31(26)38)19-21-11-13-24(14-12-21)29(23-6-1-2-7-23)30(37)35-25-8-3-5-22(17-25)18-33(15-16-33)32(39)40/h3-5,8-14,17,23,29H,1-2,6-7,15-16,18-20H2,(H,35,37)(H,39,40). The highest BCUT2D eigenvalue weighted by atomic mass is 19.1. The lowest BCUT2D eigenvalue weighted by molar-refractivity contribution is -0.143. The maximum absolute atomic E-state index is 14.2. The zero-order valence-electron chi connectivity index (χ0n) is 22.4. The van der Waals surface area contributed by atoms with E-state index in [1.54, 1.807) is 17.0 Å². The third-order valence-electron chi connectivity index (χ3n) is 8.90. The largest absolute Gasteiger partial charge is 0.481 e. The van der Waals surface area contributed by atoms with Crippen molar-refractivity contribution < 1.29 is 23.9 Å². The molecule has 2 saturated carbocycles. The lowest BCUT2D eigenvalue weighted by atomic mass is 9.83. The number of carboxylic acids is 1. The number of benzene rings is 3. The van der Waals surface area contributed by atoms with Crippen molar-refractivity contribution in [2.24, 2.45) is 11.3 Å². The first kappa shape index (κ1) is 26.2. The van der Waals surface area contributed by atoms with Gasteiger partial charge in [-0.1, -0.05) is 55.3 Å². The van der Waals surface area contributed by atoms with Gasteiger partial charge in [-0.3, -0.25) is 14.4 Å². The molecule has 2 fully saturated rings. The minimum atomic E-state index is -0.752. The zero-order valence-corrected chi connectivity index (χ0v) is 22.4. The van der Waals surface area contributed by atoms with Crippen LogP contribution in [0.4, 0.5) is 10.1 Å². The lowest BCUT2D eigenvalue weighted by Gasteiger charge is -2.24. The van der Waals surface area contributed by atoms with Crippen LogP contribution in [0.2, 0.25) is 0 Å². The smallest absolute Gasteiger partial charge is 0.309 e. The van der Waals surface area contributed by atoms with Crippen LogP contribution in [-0.2, 0) is 29.1 Å². The van der Waals surface area contributed by atoms with Gasteiger partial charge in [0.25, 0.3) is 5.91 Å². The van der Waals surface area contributed by atoms with Gasteiger partial charge < -0.3 is 15.3 Å². The summed E-state index contributed by atoms with van der Waals surface area (Å²) in [7, 11) is 0. The van der Waals surface area contributed by atoms with Crippen LogP contribution in [0.5, 0.6) is 0 Å². The first-order valence-electron chi connectivity index (χ1n) is 14.1. The number of fused-ring (bicyclic) bond motifs is 1. The fourth-order valence-electron chi connectivity index (χ4n) is 6.45. The number of hydrogen-bond acceptors (Lipinski definition) is 3. The molecule has 1 heterocycles. The summed E-state index contributed by atoms with van der Waals surface area (Å²) in [6.45, 7) is 0.625. The van der Waals surface area contributed by atoms with E-state index in [2.05, 4.69) is 5.32 Å². The highest BCUT2D eigenvalue weighted by Gasteiger charge is 2.50. The number of anilines is 1. The van der Waals surface area contributed by atoms with Gasteiger partial charge in [-0.05, 0) is 79.0 Å². The molecule has 0 saturated heterocycles. The molecule has 40 heavy (non-hydrogen) atoms. The van der Waals surface area contributed by atoms with Gasteiger partial charge in [0.15, 0.2) is 0 Å². The SMILES string of the molecule is O=C(Nc1cccc(CC2(C(=O)O)CC2)c1)C(c1ccc(CN2Cc3c(F)cccc3C2=O)cc1)C1CCCC1. The van der Waals surface area contributed by atoms with Crippen LogP contribution < -0.4 is 5.32 Å². The van der Waals surface area contributed by atoms with Gasteiger partial charge in [0.2, 0.25) is 5.91 Å². The molecular weight excluding hydrogens is 507 g/mol. The zero-order chi connectivity index (χ0) is 27.9. The Kier molecular flexibility index (Phi) is 6.90. The molecule has 1 atom stereocenters. The molecule has 2 N–H and O–H groups in total. The highest BCUT2D eigenvalue weighted by Crippen LogP contribution is 2.48. The van der Waals surface area contributed by atoms with Crippen molar-refractivity contribution in [1.82, 2.24) is 4.90 Å². The van der Waals surface area contributed by atoms with E-state index in [-0.39, 0.29) is 36.0 Å². The Morgan fingerprint density at radius 3 is 2.40 bits per heavy atom. The molecule has 0 radical (unpaired) electrons. The third kappa shape index (κ3) is 5.12. The number of halogens is 1. The summed E-state index contributed by atoms with van der Waals surface area (Å²) in [5.74, 6) is -1.39. The molecular formula is C33H33FN2O4. The number of carboxylic acid groups (broad SMARTS) is 1. The number of carbonyl (C=O) groups excluding carboxylic acids is 2. The fraction of sp³-hybridized carbons (Fsp3) is 0.364. The van der Waals surface area contributed by atoms with Crippen LogP contribution in [0, 0.1) is 17.2 Å². The number of aliphatic carboxylic acids is 1. The van der Waals surface area contributed by atoms with Gasteiger partial charge in [0.1, 0.15) is 5.82 Å². The Morgan fingerprint density at radius 2 is 1.73 bits per heavy atom. The van der Waals surface area contributed by atoms with Crippen LogP contribution >= 0.6 is 0 Å². The summed E-state index contributed by atoms with van der Waals surface area (Å²) in [4.78, 5) is 39.8. The summed E-state index contributed by atoms with van der Waals surface area (Å²) in [6, 6.07) is 20.0. The number of nitrogens with one attached hydrogen (secondary N) is 1. The van der Waals surface area contributed by atoms with E-state index in [1.807, 2.05) is 48.5 Å². The molecule has 2 amide bonds. The van der Waals surface area contributed by atoms with Crippen LogP contribution in [0.25, 0.3) is 0 Å². The van der Waals surface area contributed by atoms with Crippen LogP contribution in [0.1, 0.15) is 77.1 Å². The second-order valence-electron chi connectivity index (χ2n) is 11.6. The lowest BCUT2D eigenvalue weighted by Crippen LogP contribution is -2.27. The van der Waals surface area contributed by atoms with E-state index in [9.17, 15) is 23.9 Å². The van der Waals surface area contributed by atoms with Gasteiger partial charge in [0.05, 0.1) is 17.9 Å². The van der Waals surface area contributed by atoms with Crippen molar-refractivity contribution in [1.29, 1.82) is 0 Å². The Labute approximate surface area is 233 Å². The van der Waals surface area contributed by atoms with E-state index < -0.39 is 11.4 Å².